The minimum absolute atomic E-state index is 0.235. The summed E-state index contributed by atoms with van der Waals surface area (Å²) in [5.74, 6) is 0.621. The summed E-state index contributed by atoms with van der Waals surface area (Å²) in [5, 5.41) is 0. The number of hydrogen-bond acceptors (Lipinski definition) is 3. The molecule has 0 aromatic heterocycles. The number of fused-ring (bicyclic) bond motifs is 1. The second-order valence-electron chi connectivity index (χ2n) is 6.49. The van der Waals surface area contributed by atoms with Crippen LogP contribution in [0.4, 0.5) is 4.79 Å². The highest BCUT2D eigenvalue weighted by molar-refractivity contribution is 5.96. The summed E-state index contributed by atoms with van der Waals surface area (Å²) in [6, 6.07) is 0. The zero-order chi connectivity index (χ0) is 14.2. The number of Topliss-reactive ketones (excluding diaryl/α,β-unsaturated/α-hetero) is 1. The third-order valence-corrected chi connectivity index (χ3v) is 3.86. The van der Waals surface area contributed by atoms with E-state index in [1.807, 2.05) is 27.7 Å². The second kappa shape index (κ2) is 4.99. The summed E-state index contributed by atoms with van der Waals surface area (Å²) < 4.78 is 5.41. The molecule has 0 bridgehead atoms. The Morgan fingerprint density at radius 3 is 2.63 bits per heavy atom. The number of carbonyl (C=O) groups is 2. The van der Waals surface area contributed by atoms with E-state index in [-0.39, 0.29) is 11.9 Å². The molecule has 0 aromatic rings. The van der Waals surface area contributed by atoms with Gasteiger partial charge in [-0.05, 0) is 52.0 Å². The average Bonchev–Trinajstić information content (AvgIpc) is 2.31. The van der Waals surface area contributed by atoms with Crippen LogP contribution in [0.5, 0.6) is 0 Å². The molecule has 1 aliphatic carbocycles. The van der Waals surface area contributed by atoms with Gasteiger partial charge < -0.3 is 9.64 Å². The van der Waals surface area contributed by atoms with Gasteiger partial charge in [0.25, 0.3) is 0 Å². The highest BCUT2D eigenvalue weighted by atomic mass is 16.6. The molecule has 0 aromatic carbocycles. The van der Waals surface area contributed by atoms with Crippen LogP contribution in [0.3, 0.4) is 0 Å². The van der Waals surface area contributed by atoms with Crippen LogP contribution in [0.1, 0.15) is 47.0 Å². The van der Waals surface area contributed by atoms with Crippen molar-refractivity contribution in [1.29, 1.82) is 0 Å². The van der Waals surface area contributed by atoms with Crippen LogP contribution in [0.2, 0.25) is 0 Å². The fourth-order valence-corrected chi connectivity index (χ4v) is 2.85. The van der Waals surface area contributed by atoms with E-state index >= 15 is 0 Å². The van der Waals surface area contributed by atoms with E-state index in [1.165, 1.54) is 5.57 Å². The standard InChI is InChI=1S/C15H23NO3/c1-10-12-7-8-16(14(18)19-15(2,3)4)9-11(12)5-6-13(10)17/h11H,5-9H2,1-4H3/t11-/m1/s1. The Hall–Kier alpha value is -1.32. The van der Waals surface area contributed by atoms with Crippen LogP contribution in [-0.2, 0) is 9.53 Å². The number of likely N-dealkylation sites (tertiary alicyclic amines) is 1. The van der Waals surface area contributed by atoms with Crippen molar-refractivity contribution in [2.24, 2.45) is 5.92 Å². The molecule has 0 spiro atoms. The number of piperidine rings is 1. The predicted octanol–water partition coefficient (Wildman–Crippen LogP) is 2.92. The topological polar surface area (TPSA) is 46.6 Å². The first-order valence-electron chi connectivity index (χ1n) is 6.98. The molecule has 1 atom stereocenters. The van der Waals surface area contributed by atoms with Crippen molar-refractivity contribution in [2.45, 2.75) is 52.6 Å². The van der Waals surface area contributed by atoms with Gasteiger partial charge in [0.05, 0.1) is 0 Å². The van der Waals surface area contributed by atoms with Crippen molar-refractivity contribution in [3.05, 3.63) is 11.1 Å². The minimum Gasteiger partial charge on any atom is -0.444 e. The summed E-state index contributed by atoms with van der Waals surface area (Å²) >= 11 is 0. The molecule has 1 amide bonds. The Bertz CT molecular complexity index is 431. The first kappa shape index (κ1) is 14.1. The van der Waals surface area contributed by atoms with Crippen LogP contribution < -0.4 is 0 Å². The van der Waals surface area contributed by atoms with Gasteiger partial charge >= 0.3 is 6.09 Å². The predicted molar refractivity (Wildman–Crippen MR) is 72.9 cm³/mol. The van der Waals surface area contributed by atoms with Crippen LogP contribution >= 0.6 is 0 Å². The first-order chi connectivity index (χ1) is 8.78. The molecule has 0 saturated carbocycles. The maximum Gasteiger partial charge on any atom is 0.410 e. The van der Waals surface area contributed by atoms with Crippen LogP contribution in [0, 0.1) is 5.92 Å². The third kappa shape index (κ3) is 3.17. The lowest BCUT2D eigenvalue weighted by Gasteiger charge is -2.38. The highest BCUT2D eigenvalue weighted by Crippen LogP contribution is 2.34. The lowest BCUT2D eigenvalue weighted by molar-refractivity contribution is -0.116. The lowest BCUT2D eigenvalue weighted by atomic mass is 9.79. The Labute approximate surface area is 114 Å². The Balaban J connectivity index is 2.04. The van der Waals surface area contributed by atoms with Gasteiger partial charge in [-0.3, -0.25) is 4.79 Å². The Kier molecular flexibility index (Phi) is 3.70. The fourth-order valence-electron chi connectivity index (χ4n) is 2.85. The van der Waals surface area contributed by atoms with Crippen molar-refractivity contribution in [3.63, 3.8) is 0 Å². The van der Waals surface area contributed by atoms with Crippen LogP contribution in [0.25, 0.3) is 0 Å². The number of ketones is 1. The third-order valence-electron chi connectivity index (χ3n) is 3.86. The van der Waals surface area contributed by atoms with Gasteiger partial charge in [-0.15, -0.1) is 0 Å². The first-order valence-corrected chi connectivity index (χ1v) is 6.98. The lowest BCUT2D eigenvalue weighted by Crippen LogP contribution is -2.44. The molecule has 1 aliphatic heterocycles. The number of amides is 1. The van der Waals surface area contributed by atoms with Gasteiger partial charge in [0.1, 0.15) is 5.60 Å². The minimum atomic E-state index is -0.453. The summed E-state index contributed by atoms with van der Waals surface area (Å²) in [5.41, 5.74) is 1.74. The molecule has 1 saturated heterocycles. The molecule has 4 heteroatoms. The Morgan fingerprint density at radius 1 is 1.32 bits per heavy atom. The molecule has 0 radical (unpaired) electrons. The smallest absolute Gasteiger partial charge is 0.410 e. The van der Waals surface area contributed by atoms with Crippen molar-refractivity contribution in [2.75, 3.05) is 13.1 Å². The molecular weight excluding hydrogens is 242 g/mol. The number of ether oxygens (including phenoxy) is 1. The van der Waals surface area contributed by atoms with Gasteiger partial charge in [-0.25, -0.2) is 4.79 Å². The van der Waals surface area contributed by atoms with Gasteiger partial charge in [-0.1, -0.05) is 5.57 Å². The van der Waals surface area contributed by atoms with Crippen LogP contribution in [0.15, 0.2) is 11.1 Å². The average molecular weight is 265 g/mol. The highest BCUT2D eigenvalue weighted by Gasteiger charge is 2.34. The van der Waals surface area contributed by atoms with Crippen molar-refractivity contribution in [3.8, 4) is 0 Å². The van der Waals surface area contributed by atoms with Crippen LogP contribution in [-0.4, -0.2) is 35.5 Å². The number of nitrogens with zero attached hydrogens (tertiary/aromatic N) is 1. The molecule has 0 N–H and O–H groups in total. The zero-order valence-corrected chi connectivity index (χ0v) is 12.3. The molecule has 2 rings (SSSR count). The number of carbonyl (C=O) groups excluding carboxylic acids is 2. The van der Waals surface area contributed by atoms with Gasteiger partial charge in [0, 0.05) is 19.5 Å². The van der Waals surface area contributed by atoms with Crippen molar-refractivity contribution >= 4 is 11.9 Å². The SMILES string of the molecule is CC1=C2CCN(C(=O)OC(C)(C)C)C[C@H]2CCC1=O. The molecule has 1 fully saturated rings. The fraction of sp³-hybridized carbons (Fsp3) is 0.733. The van der Waals surface area contributed by atoms with E-state index in [0.717, 1.165) is 18.4 Å². The maximum absolute atomic E-state index is 12.1. The molecule has 1 heterocycles. The van der Waals surface area contributed by atoms with Gasteiger partial charge in [0.15, 0.2) is 5.78 Å². The molecule has 4 nitrogen and oxygen atoms in total. The molecule has 0 unspecified atom stereocenters. The van der Waals surface area contributed by atoms with Gasteiger partial charge in [-0.2, -0.15) is 0 Å². The maximum atomic E-state index is 12.1. The molecule has 106 valence electrons. The molecule has 2 aliphatic rings. The second-order valence-corrected chi connectivity index (χ2v) is 6.49. The number of hydrogen-bond donors (Lipinski definition) is 0. The van der Waals surface area contributed by atoms with E-state index in [2.05, 4.69) is 0 Å². The summed E-state index contributed by atoms with van der Waals surface area (Å²) in [6.45, 7) is 8.91. The summed E-state index contributed by atoms with van der Waals surface area (Å²) in [7, 11) is 0. The van der Waals surface area contributed by atoms with E-state index in [4.69, 9.17) is 4.74 Å². The number of allylic oxidation sites excluding steroid dienone is 1. The molecule has 19 heavy (non-hydrogen) atoms. The monoisotopic (exact) mass is 265 g/mol. The molecular formula is C15H23NO3. The largest absolute Gasteiger partial charge is 0.444 e. The summed E-state index contributed by atoms with van der Waals surface area (Å²) in [6.07, 6.45) is 2.05. The Morgan fingerprint density at radius 2 is 2.00 bits per heavy atom. The summed E-state index contributed by atoms with van der Waals surface area (Å²) in [4.78, 5) is 25.5. The van der Waals surface area contributed by atoms with Gasteiger partial charge in [0.2, 0.25) is 0 Å². The number of rotatable bonds is 0. The van der Waals surface area contributed by atoms with E-state index < -0.39 is 5.60 Å². The van der Waals surface area contributed by atoms with E-state index in [0.29, 0.717) is 25.4 Å². The van der Waals surface area contributed by atoms with E-state index in [9.17, 15) is 9.59 Å². The zero-order valence-electron chi connectivity index (χ0n) is 12.3. The quantitative estimate of drug-likeness (QED) is 0.676. The van der Waals surface area contributed by atoms with E-state index in [1.54, 1.807) is 4.90 Å². The normalized spacial score (nSPS) is 24.3. The van der Waals surface area contributed by atoms with Crippen molar-refractivity contribution < 1.29 is 14.3 Å². The van der Waals surface area contributed by atoms with Crippen molar-refractivity contribution in [1.82, 2.24) is 4.90 Å².